The van der Waals surface area contributed by atoms with E-state index in [0.29, 0.717) is 17.5 Å². The van der Waals surface area contributed by atoms with Gasteiger partial charge in [-0.1, -0.05) is 24.3 Å². The van der Waals surface area contributed by atoms with Crippen molar-refractivity contribution < 1.29 is 4.39 Å². The summed E-state index contributed by atoms with van der Waals surface area (Å²) < 4.78 is 13.8. The number of halogens is 1. The lowest BCUT2D eigenvalue weighted by atomic mass is 9.97. The van der Waals surface area contributed by atoms with E-state index in [-0.39, 0.29) is 5.82 Å². The fourth-order valence-electron chi connectivity index (χ4n) is 2.24. The minimum absolute atomic E-state index is 0.249. The Kier molecular flexibility index (Phi) is 5.48. The van der Waals surface area contributed by atoms with Crippen LogP contribution in [-0.2, 0) is 6.42 Å². The Labute approximate surface area is 136 Å². The van der Waals surface area contributed by atoms with Gasteiger partial charge in [-0.25, -0.2) is 9.38 Å². The number of aryl methyl sites for hydroxylation is 1. The largest absolute Gasteiger partial charge is 0.366 e. The minimum Gasteiger partial charge on any atom is -0.366 e. The van der Waals surface area contributed by atoms with E-state index in [4.69, 9.17) is 0 Å². The van der Waals surface area contributed by atoms with E-state index in [0.717, 1.165) is 23.4 Å². The Hall–Kier alpha value is -2.67. The van der Waals surface area contributed by atoms with Crippen molar-refractivity contribution >= 4 is 12.0 Å². The molecule has 0 amide bonds. The first-order valence-corrected chi connectivity index (χ1v) is 7.56. The fourth-order valence-corrected chi connectivity index (χ4v) is 2.24. The van der Waals surface area contributed by atoms with Gasteiger partial charge in [-0.3, -0.25) is 0 Å². The summed E-state index contributed by atoms with van der Waals surface area (Å²) in [6, 6.07) is 12.5. The van der Waals surface area contributed by atoms with E-state index in [1.807, 2.05) is 31.9 Å². The maximum absolute atomic E-state index is 13.8. The molecule has 0 saturated heterocycles. The van der Waals surface area contributed by atoms with Crippen LogP contribution in [0.2, 0.25) is 0 Å². The van der Waals surface area contributed by atoms with Crippen LogP contribution in [0.4, 0.5) is 10.1 Å². The third-order valence-electron chi connectivity index (χ3n) is 3.77. The second kappa shape index (κ2) is 7.55. The first-order valence-electron chi connectivity index (χ1n) is 7.56. The van der Waals surface area contributed by atoms with Crippen LogP contribution in [-0.4, -0.2) is 24.8 Å². The predicted molar refractivity (Wildman–Crippen MR) is 91.6 cm³/mol. The van der Waals surface area contributed by atoms with Gasteiger partial charge in [-0.05, 0) is 42.7 Å². The van der Waals surface area contributed by atoms with Crippen molar-refractivity contribution in [3.63, 3.8) is 0 Å². The highest BCUT2D eigenvalue weighted by molar-refractivity contribution is 5.65. The monoisotopic (exact) mass is 309 g/mol. The summed E-state index contributed by atoms with van der Waals surface area (Å²) in [6.45, 7) is 4.85. The summed E-state index contributed by atoms with van der Waals surface area (Å²) in [4.78, 5) is 6.38. The van der Waals surface area contributed by atoms with Crippen LogP contribution < -0.4 is 0 Å². The quantitative estimate of drug-likeness (QED) is 0.613. The highest BCUT2D eigenvalue weighted by Gasteiger charge is 2.10. The molecule has 0 atom stereocenters. The Morgan fingerprint density at radius 3 is 2.65 bits per heavy atom. The Bertz CT molecular complexity index is 760. The minimum atomic E-state index is -0.249. The molecular formula is C19H20FN3. The molecule has 0 aliphatic rings. The number of hydrogen-bond acceptors (Lipinski definition) is 2. The number of hydrogen-bond donors (Lipinski definition) is 0. The molecule has 0 aliphatic heterocycles. The normalized spacial score (nSPS) is 10.7. The molecule has 0 fully saturated rings. The molecule has 0 saturated carbocycles. The van der Waals surface area contributed by atoms with Gasteiger partial charge in [-0.15, -0.1) is 0 Å². The zero-order valence-electron chi connectivity index (χ0n) is 13.7. The first-order chi connectivity index (χ1) is 11.0. The lowest BCUT2D eigenvalue weighted by Crippen LogP contribution is -2.14. The van der Waals surface area contributed by atoms with Gasteiger partial charge in [0.1, 0.15) is 5.82 Å². The van der Waals surface area contributed by atoms with Gasteiger partial charge in [0.05, 0.1) is 23.7 Å². The Morgan fingerprint density at radius 2 is 2.00 bits per heavy atom. The summed E-state index contributed by atoms with van der Waals surface area (Å²) in [7, 11) is 1.94. The van der Waals surface area contributed by atoms with Crippen LogP contribution in [0.1, 0.15) is 29.2 Å². The number of rotatable bonds is 5. The van der Waals surface area contributed by atoms with Gasteiger partial charge in [0.25, 0.3) is 0 Å². The maximum atomic E-state index is 13.8. The summed E-state index contributed by atoms with van der Waals surface area (Å²) in [5, 5.41) is 9.40. The fraction of sp³-hybridized carbons (Fsp3) is 0.263. The Balaban J connectivity index is 2.36. The van der Waals surface area contributed by atoms with Crippen molar-refractivity contribution in [1.82, 2.24) is 4.90 Å². The molecule has 2 aromatic carbocycles. The van der Waals surface area contributed by atoms with Gasteiger partial charge < -0.3 is 4.90 Å². The predicted octanol–water partition coefficient (Wildman–Crippen LogP) is 4.21. The molecule has 23 heavy (non-hydrogen) atoms. The van der Waals surface area contributed by atoms with Crippen molar-refractivity contribution in [3.8, 4) is 6.07 Å². The zero-order chi connectivity index (χ0) is 16.8. The molecule has 2 rings (SSSR count). The number of benzene rings is 2. The van der Waals surface area contributed by atoms with Crippen LogP contribution in [0.3, 0.4) is 0 Å². The van der Waals surface area contributed by atoms with Crippen LogP contribution in [0.25, 0.3) is 0 Å². The molecule has 3 nitrogen and oxygen atoms in total. The third kappa shape index (κ3) is 4.17. The van der Waals surface area contributed by atoms with Crippen molar-refractivity contribution in [2.75, 3.05) is 13.6 Å². The van der Waals surface area contributed by atoms with Crippen LogP contribution in [0.15, 0.2) is 41.4 Å². The van der Waals surface area contributed by atoms with E-state index in [1.165, 1.54) is 6.07 Å². The van der Waals surface area contributed by atoms with Crippen LogP contribution in [0, 0.1) is 24.1 Å². The second-order valence-electron chi connectivity index (χ2n) is 5.49. The number of nitrogens with zero attached hydrogens (tertiary/aromatic N) is 3. The number of aliphatic imine (C=N–C) groups is 1. The van der Waals surface area contributed by atoms with E-state index in [2.05, 4.69) is 11.1 Å². The molecule has 0 heterocycles. The standard InChI is InChI=1S/C19H20FN3/c1-4-23(3)13-22-19-11-17(12-21)16(9-14(19)2)10-15-7-5-6-8-18(15)20/h5-9,11,13H,4,10H2,1-3H3. The zero-order valence-corrected chi connectivity index (χ0v) is 13.7. The average molecular weight is 309 g/mol. The summed E-state index contributed by atoms with van der Waals surface area (Å²) in [5.74, 6) is -0.249. The van der Waals surface area contributed by atoms with E-state index < -0.39 is 0 Å². The number of nitriles is 1. The van der Waals surface area contributed by atoms with Crippen LogP contribution >= 0.6 is 0 Å². The molecule has 0 unspecified atom stereocenters. The lowest BCUT2D eigenvalue weighted by molar-refractivity contribution is 0.552. The lowest BCUT2D eigenvalue weighted by Gasteiger charge is -2.11. The molecule has 4 heteroatoms. The third-order valence-corrected chi connectivity index (χ3v) is 3.77. The smallest absolute Gasteiger partial charge is 0.126 e. The van der Waals surface area contributed by atoms with Gasteiger partial charge >= 0.3 is 0 Å². The summed E-state index contributed by atoms with van der Waals surface area (Å²) in [5.41, 5.74) is 3.67. The van der Waals surface area contributed by atoms with E-state index >= 15 is 0 Å². The molecule has 0 aliphatic carbocycles. The molecule has 0 radical (unpaired) electrons. The molecular weight excluding hydrogens is 289 g/mol. The Morgan fingerprint density at radius 1 is 1.26 bits per heavy atom. The highest BCUT2D eigenvalue weighted by Crippen LogP contribution is 2.25. The molecule has 0 bridgehead atoms. The first kappa shape index (κ1) is 16.7. The molecule has 0 spiro atoms. The molecule has 2 aromatic rings. The van der Waals surface area contributed by atoms with Gasteiger partial charge in [0.2, 0.25) is 0 Å². The topological polar surface area (TPSA) is 39.4 Å². The van der Waals surface area contributed by atoms with Crippen molar-refractivity contribution in [2.45, 2.75) is 20.3 Å². The van der Waals surface area contributed by atoms with Crippen LogP contribution in [0.5, 0.6) is 0 Å². The SMILES string of the molecule is CCN(C)C=Nc1cc(C#N)c(Cc2ccccc2F)cc1C. The van der Waals surface area contributed by atoms with E-state index in [1.54, 1.807) is 30.6 Å². The van der Waals surface area contributed by atoms with Gasteiger partial charge in [-0.2, -0.15) is 5.26 Å². The second-order valence-corrected chi connectivity index (χ2v) is 5.49. The summed E-state index contributed by atoms with van der Waals surface area (Å²) >= 11 is 0. The average Bonchev–Trinajstić information content (AvgIpc) is 2.55. The van der Waals surface area contributed by atoms with Crippen molar-refractivity contribution in [1.29, 1.82) is 5.26 Å². The summed E-state index contributed by atoms with van der Waals surface area (Å²) in [6.07, 6.45) is 2.15. The maximum Gasteiger partial charge on any atom is 0.126 e. The molecule has 0 N–H and O–H groups in total. The van der Waals surface area contributed by atoms with Gasteiger partial charge in [0, 0.05) is 20.0 Å². The van der Waals surface area contributed by atoms with Crippen molar-refractivity contribution in [3.05, 3.63) is 64.5 Å². The van der Waals surface area contributed by atoms with Crippen molar-refractivity contribution in [2.24, 2.45) is 4.99 Å². The highest BCUT2D eigenvalue weighted by atomic mass is 19.1. The van der Waals surface area contributed by atoms with E-state index in [9.17, 15) is 9.65 Å². The molecule has 0 aromatic heterocycles. The molecule has 118 valence electrons. The van der Waals surface area contributed by atoms with Gasteiger partial charge in [0.15, 0.2) is 0 Å².